The minimum absolute atomic E-state index is 0.166. The Balaban J connectivity index is 2.11. The number of fused-ring (bicyclic) bond motifs is 1. The third kappa shape index (κ3) is 2.65. The van der Waals surface area contributed by atoms with E-state index in [4.69, 9.17) is 0 Å². The van der Waals surface area contributed by atoms with Gasteiger partial charge in [-0.1, -0.05) is 12.1 Å². The maximum absolute atomic E-state index is 13.4. The predicted molar refractivity (Wildman–Crippen MR) is 82.5 cm³/mol. The SMILES string of the molecule is CS(=O)(=O)c1cccc(C=C2C(=O)Nc3ccc(F)cc32)c1. The van der Waals surface area contributed by atoms with Gasteiger partial charge in [-0.25, -0.2) is 12.8 Å². The van der Waals surface area contributed by atoms with Crippen LogP contribution in [0.3, 0.4) is 0 Å². The van der Waals surface area contributed by atoms with Gasteiger partial charge >= 0.3 is 0 Å². The fraction of sp³-hybridized carbons (Fsp3) is 0.0625. The van der Waals surface area contributed by atoms with Gasteiger partial charge in [-0.3, -0.25) is 4.79 Å². The highest BCUT2D eigenvalue weighted by Crippen LogP contribution is 2.33. The minimum atomic E-state index is -3.33. The van der Waals surface area contributed by atoms with Gasteiger partial charge in [-0.15, -0.1) is 0 Å². The van der Waals surface area contributed by atoms with E-state index in [9.17, 15) is 17.6 Å². The van der Waals surface area contributed by atoms with Crippen molar-refractivity contribution in [1.82, 2.24) is 0 Å². The lowest BCUT2D eigenvalue weighted by Gasteiger charge is -2.02. The molecular formula is C16H12FNO3S. The van der Waals surface area contributed by atoms with Crippen LogP contribution in [0.5, 0.6) is 0 Å². The second-order valence-corrected chi connectivity index (χ2v) is 7.06. The topological polar surface area (TPSA) is 63.2 Å². The fourth-order valence-electron chi connectivity index (χ4n) is 2.31. The third-order valence-corrected chi connectivity index (χ3v) is 4.47. The molecule has 1 heterocycles. The van der Waals surface area contributed by atoms with E-state index in [-0.39, 0.29) is 10.8 Å². The summed E-state index contributed by atoms with van der Waals surface area (Å²) in [6.07, 6.45) is 2.67. The van der Waals surface area contributed by atoms with Gasteiger partial charge in [0.15, 0.2) is 9.84 Å². The molecule has 112 valence electrons. The number of halogens is 1. The van der Waals surface area contributed by atoms with Crippen molar-refractivity contribution in [3.8, 4) is 0 Å². The number of anilines is 1. The highest BCUT2D eigenvalue weighted by atomic mass is 32.2. The molecule has 0 spiro atoms. The van der Waals surface area contributed by atoms with Crippen LogP contribution in [0.4, 0.5) is 10.1 Å². The molecule has 1 aliphatic heterocycles. The van der Waals surface area contributed by atoms with Crippen molar-refractivity contribution in [1.29, 1.82) is 0 Å². The summed E-state index contributed by atoms with van der Waals surface area (Å²) < 4.78 is 36.5. The summed E-state index contributed by atoms with van der Waals surface area (Å²) in [6, 6.07) is 10.3. The average Bonchev–Trinajstić information content (AvgIpc) is 2.75. The van der Waals surface area contributed by atoms with Gasteiger partial charge in [0.25, 0.3) is 5.91 Å². The zero-order chi connectivity index (χ0) is 15.9. The largest absolute Gasteiger partial charge is 0.321 e. The number of hydrogen-bond acceptors (Lipinski definition) is 3. The van der Waals surface area contributed by atoms with Crippen molar-refractivity contribution in [2.24, 2.45) is 0 Å². The van der Waals surface area contributed by atoms with E-state index in [0.717, 1.165) is 6.26 Å². The summed E-state index contributed by atoms with van der Waals surface area (Å²) in [5, 5.41) is 2.65. The van der Waals surface area contributed by atoms with Crippen molar-refractivity contribution >= 4 is 33.1 Å². The van der Waals surface area contributed by atoms with Gasteiger partial charge in [0.05, 0.1) is 4.90 Å². The van der Waals surface area contributed by atoms with Crippen molar-refractivity contribution in [2.75, 3.05) is 11.6 Å². The van der Waals surface area contributed by atoms with Crippen LogP contribution in [0.25, 0.3) is 11.6 Å². The molecule has 0 aliphatic carbocycles. The molecule has 0 saturated heterocycles. The Hall–Kier alpha value is -2.47. The Morgan fingerprint density at radius 3 is 2.64 bits per heavy atom. The maximum Gasteiger partial charge on any atom is 0.256 e. The van der Waals surface area contributed by atoms with Gasteiger partial charge in [-0.2, -0.15) is 0 Å². The molecule has 6 heteroatoms. The van der Waals surface area contributed by atoms with E-state index in [1.807, 2.05) is 0 Å². The monoisotopic (exact) mass is 317 g/mol. The molecule has 0 saturated carbocycles. The summed E-state index contributed by atoms with van der Waals surface area (Å²) in [5.41, 5.74) is 1.87. The van der Waals surface area contributed by atoms with Crippen molar-refractivity contribution in [3.63, 3.8) is 0 Å². The lowest BCUT2D eigenvalue weighted by molar-refractivity contribution is -0.110. The van der Waals surface area contributed by atoms with Crippen LogP contribution in [0.15, 0.2) is 47.4 Å². The summed E-state index contributed by atoms with van der Waals surface area (Å²) in [5.74, 6) is -0.781. The normalized spacial score (nSPS) is 15.7. The molecular weight excluding hydrogens is 305 g/mol. The zero-order valence-electron chi connectivity index (χ0n) is 11.6. The van der Waals surface area contributed by atoms with Gasteiger partial charge < -0.3 is 5.32 Å². The number of sulfone groups is 1. The zero-order valence-corrected chi connectivity index (χ0v) is 12.4. The number of rotatable bonds is 2. The highest BCUT2D eigenvalue weighted by Gasteiger charge is 2.24. The van der Waals surface area contributed by atoms with Crippen molar-refractivity contribution in [3.05, 3.63) is 59.4 Å². The van der Waals surface area contributed by atoms with Gasteiger partial charge in [0.2, 0.25) is 0 Å². The first kappa shape index (κ1) is 14.5. The van der Waals surface area contributed by atoms with E-state index >= 15 is 0 Å². The number of nitrogens with one attached hydrogen (secondary N) is 1. The molecule has 0 fully saturated rings. The quantitative estimate of drug-likeness (QED) is 0.866. The molecule has 1 N–H and O–H groups in total. The smallest absolute Gasteiger partial charge is 0.256 e. The maximum atomic E-state index is 13.4. The Kier molecular flexibility index (Phi) is 3.33. The van der Waals surface area contributed by atoms with Gasteiger partial charge in [0, 0.05) is 23.1 Å². The van der Waals surface area contributed by atoms with Crippen LogP contribution in [0, 0.1) is 5.82 Å². The van der Waals surface area contributed by atoms with E-state index in [2.05, 4.69) is 5.32 Å². The van der Waals surface area contributed by atoms with Crippen LogP contribution in [-0.2, 0) is 14.6 Å². The molecule has 4 nitrogen and oxygen atoms in total. The number of amides is 1. The van der Waals surface area contributed by atoms with Gasteiger partial charge in [-0.05, 0) is 42.0 Å². The molecule has 1 aliphatic rings. The lowest BCUT2D eigenvalue weighted by Crippen LogP contribution is -2.03. The molecule has 22 heavy (non-hydrogen) atoms. The van der Waals surface area contributed by atoms with Crippen LogP contribution in [0.2, 0.25) is 0 Å². The van der Waals surface area contributed by atoms with Crippen LogP contribution in [0.1, 0.15) is 11.1 Å². The van der Waals surface area contributed by atoms with Crippen LogP contribution in [-0.4, -0.2) is 20.6 Å². The van der Waals surface area contributed by atoms with Crippen LogP contribution < -0.4 is 5.32 Å². The van der Waals surface area contributed by atoms with E-state index in [1.54, 1.807) is 18.2 Å². The molecule has 3 rings (SSSR count). The molecule has 0 radical (unpaired) electrons. The van der Waals surface area contributed by atoms with E-state index < -0.39 is 15.7 Å². The minimum Gasteiger partial charge on any atom is -0.321 e. The average molecular weight is 317 g/mol. The number of hydrogen-bond donors (Lipinski definition) is 1. The Bertz CT molecular complexity index is 917. The Morgan fingerprint density at radius 2 is 1.91 bits per heavy atom. The molecule has 2 aromatic rings. The summed E-state index contributed by atoms with van der Waals surface area (Å²) >= 11 is 0. The third-order valence-electron chi connectivity index (χ3n) is 3.36. The highest BCUT2D eigenvalue weighted by molar-refractivity contribution is 7.90. The Morgan fingerprint density at radius 1 is 1.14 bits per heavy atom. The summed E-state index contributed by atoms with van der Waals surface area (Å²) in [4.78, 5) is 12.2. The Labute approximate surface area is 127 Å². The lowest BCUT2D eigenvalue weighted by atomic mass is 10.0. The van der Waals surface area contributed by atoms with E-state index in [1.165, 1.54) is 30.3 Å². The number of carbonyl (C=O) groups is 1. The molecule has 1 amide bonds. The first-order valence-corrected chi connectivity index (χ1v) is 8.37. The first-order valence-electron chi connectivity index (χ1n) is 6.48. The van der Waals surface area contributed by atoms with E-state index in [0.29, 0.717) is 22.4 Å². The number of carbonyl (C=O) groups excluding carboxylic acids is 1. The van der Waals surface area contributed by atoms with Crippen molar-refractivity contribution in [2.45, 2.75) is 4.90 Å². The summed E-state index contributed by atoms with van der Waals surface area (Å²) in [6.45, 7) is 0. The molecule has 2 aromatic carbocycles. The second kappa shape index (κ2) is 5.06. The molecule has 0 atom stereocenters. The second-order valence-electron chi connectivity index (χ2n) is 5.05. The van der Waals surface area contributed by atoms with Crippen LogP contribution >= 0.6 is 0 Å². The molecule has 0 unspecified atom stereocenters. The molecule has 0 aromatic heterocycles. The molecule has 0 bridgehead atoms. The van der Waals surface area contributed by atoms with Gasteiger partial charge in [0.1, 0.15) is 5.82 Å². The summed E-state index contributed by atoms with van der Waals surface area (Å²) in [7, 11) is -3.33. The first-order chi connectivity index (χ1) is 10.3. The fourth-order valence-corrected chi connectivity index (χ4v) is 2.98. The standard InChI is InChI=1S/C16H12FNO3S/c1-22(20,21)12-4-2-3-10(7-12)8-14-13-9-11(17)5-6-15(13)18-16(14)19/h2-9H,1H3,(H,18,19). The van der Waals surface area contributed by atoms with Crippen molar-refractivity contribution < 1.29 is 17.6 Å². The number of benzene rings is 2. The predicted octanol–water partition coefficient (Wildman–Crippen LogP) is 2.72.